The Morgan fingerprint density at radius 3 is 2.45 bits per heavy atom. The first-order chi connectivity index (χ1) is 14.0. The van der Waals surface area contributed by atoms with Crippen molar-refractivity contribution in [2.45, 2.75) is 31.5 Å². The van der Waals surface area contributed by atoms with E-state index >= 15 is 0 Å². The summed E-state index contributed by atoms with van der Waals surface area (Å²) >= 11 is 7.53. The van der Waals surface area contributed by atoms with Gasteiger partial charge in [-0.25, -0.2) is 0 Å². The van der Waals surface area contributed by atoms with Gasteiger partial charge < -0.3 is 9.84 Å². The Kier molecular flexibility index (Phi) is 8.12. The highest BCUT2D eigenvalue weighted by molar-refractivity contribution is 7.99. The highest BCUT2D eigenvalue weighted by Gasteiger charge is 2.17. The molecule has 1 aromatic heterocycles. The van der Waals surface area contributed by atoms with Gasteiger partial charge in [-0.15, -0.1) is 10.2 Å². The van der Waals surface area contributed by atoms with Crippen molar-refractivity contribution in [3.05, 3.63) is 71.0 Å². The fraction of sp³-hybridized carbons (Fsp3) is 0.364. The van der Waals surface area contributed by atoms with Crippen molar-refractivity contribution in [2.24, 2.45) is 5.92 Å². The lowest BCUT2D eigenvalue weighted by atomic mass is 10.1. The van der Waals surface area contributed by atoms with Crippen LogP contribution in [0.3, 0.4) is 0 Å². The maximum absolute atomic E-state index is 10.2. The molecule has 0 fully saturated rings. The fourth-order valence-corrected chi connectivity index (χ4v) is 3.80. The standard InChI is InChI=1S/C22H26ClN3O2S/c1-16(2)13-28-14-20(27)15-29-22-25-24-21(12-17-6-4-3-5-7-17)26(22)19-10-8-18(23)9-11-19/h3-11,16,20,27H,12-15H2,1-2H3. The third-order valence-corrected chi connectivity index (χ3v) is 5.48. The Bertz CT molecular complexity index is 885. The van der Waals surface area contributed by atoms with E-state index in [1.54, 1.807) is 0 Å². The third-order valence-electron chi connectivity index (χ3n) is 4.16. The average molecular weight is 432 g/mol. The minimum absolute atomic E-state index is 0.317. The molecule has 0 radical (unpaired) electrons. The molecule has 5 nitrogen and oxygen atoms in total. The topological polar surface area (TPSA) is 60.2 Å². The molecule has 0 aliphatic carbocycles. The van der Waals surface area contributed by atoms with Gasteiger partial charge in [-0.3, -0.25) is 4.57 Å². The summed E-state index contributed by atoms with van der Waals surface area (Å²) < 4.78 is 7.56. The molecule has 7 heteroatoms. The van der Waals surface area contributed by atoms with Crippen LogP contribution < -0.4 is 0 Å². The lowest BCUT2D eigenvalue weighted by Gasteiger charge is -2.13. The summed E-state index contributed by atoms with van der Waals surface area (Å²) in [4.78, 5) is 0. The zero-order valence-corrected chi connectivity index (χ0v) is 18.2. The van der Waals surface area contributed by atoms with Crippen molar-refractivity contribution < 1.29 is 9.84 Å². The van der Waals surface area contributed by atoms with E-state index in [9.17, 15) is 5.11 Å². The molecule has 0 saturated heterocycles. The van der Waals surface area contributed by atoms with E-state index in [4.69, 9.17) is 16.3 Å². The van der Waals surface area contributed by atoms with Gasteiger partial charge in [0.05, 0.1) is 12.7 Å². The van der Waals surface area contributed by atoms with Gasteiger partial charge in [0, 0.05) is 29.5 Å². The molecule has 0 bridgehead atoms. The minimum atomic E-state index is -0.563. The zero-order chi connectivity index (χ0) is 20.6. The van der Waals surface area contributed by atoms with Gasteiger partial charge in [0.25, 0.3) is 0 Å². The van der Waals surface area contributed by atoms with E-state index < -0.39 is 6.10 Å². The monoisotopic (exact) mass is 431 g/mol. The van der Waals surface area contributed by atoms with Crippen LogP contribution in [0.1, 0.15) is 25.2 Å². The molecule has 154 valence electrons. The maximum Gasteiger partial charge on any atom is 0.195 e. The molecule has 1 atom stereocenters. The quantitative estimate of drug-likeness (QED) is 0.474. The van der Waals surface area contributed by atoms with Gasteiger partial charge in [0.15, 0.2) is 5.16 Å². The Hall–Kier alpha value is -1.86. The number of thioether (sulfide) groups is 1. The number of ether oxygens (including phenoxy) is 1. The second-order valence-corrected chi connectivity index (χ2v) is 8.69. The van der Waals surface area contributed by atoms with Gasteiger partial charge in [-0.1, -0.05) is 67.5 Å². The minimum Gasteiger partial charge on any atom is -0.390 e. The zero-order valence-electron chi connectivity index (χ0n) is 16.7. The van der Waals surface area contributed by atoms with Crippen molar-refractivity contribution in [3.8, 4) is 5.69 Å². The van der Waals surface area contributed by atoms with Crippen molar-refractivity contribution >= 4 is 23.4 Å². The van der Waals surface area contributed by atoms with Gasteiger partial charge in [-0.05, 0) is 35.7 Å². The van der Waals surface area contributed by atoms with Gasteiger partial charge in [0.1, 0.15) is 5.82 Å². The highest BCUT2D eigenvalue weighted by Crippen LogP contribution is 2.25. The van der Waals surface area contributed by atoms with Crippen molar-refractivity contribution in [2.75, 3.05) is 19.0 Å². The van der Waals surface area contributed by atoms with Gasteiger partial charge in [0.2, 0.25) is 0 Å². The van der Waals surface area contributed by atoms with E-state index in [0.717, 1.165) is 22.2 Å². The molecule has 3 rings (SSSR count). The Labute approximate surface area is 181 Å². The van der Waals surface area contributed by atoms with Crippen LogP contribution in [0, 0.1) is 5.92 Å². The molecule has 0 aliphatic rings. The molecule has 0 spiro atoms. The molecule has 0 amide bonds. The predicted octanol–water partition coefficient (Wildman–Crippen LogP) is 4.64. The first-order valence-electron chi connectivity index (χ1n) is 9.65. The number of nitrogens with zero attached hydrogens (tertiary/aromatic N) is 3. The second-order valence-electron chi connectivity index (χ2n) is 7.27. The molecule has 0 aliphatic heterocycles. The van der Waals surface area contributed by atoms with Crippen molar-refractivity contribution in [1.29, 1.82) is 0 Å². The lowest BCUT2D eigenvalue weighted by Crippen LogP contribution is -2.20. The number of benzene rings is 2. The predicted molar refractivity (Wildman–Crippen MR) is 118 cm³/mol. The van der Waals surface area contributed by atoms with E-state index in [1.165, 1.54) is 11.8 Å². The number of rotatable bonds is 10. The van der Waals surface area contributed by atoms with E-state index in [1.807, 2.05) is 47.0 Å². The Balaban J connectivity index is 1.76. The molecular weight excluding hydrogens is 406 g/mol. The molecule has 0 saturated carbocycles. The van der Waals surface area contributed by atoms with Crippen LogP contribution in [0.25, 0.3) is 5.69 Å². The summed E-state index contributed by atoms with van der Waals surface area (Å²) in [6.45, 7) is 5.13. The third kappa shape index (κ3) is 6.57. The number of hydrogen-bond acceptors (Lipinski definition) is 5. The van der Waals surface area contributed by atoms with Crippen molar-refractivity contribution in [3.63, 3.8) is 0 Å². The molecule has 1 unspecified atom stereocenters. The number of aliphatic hydroxyl groups is 1. The van der Waals surface area contributed by atoms with Crippen LogP contribution in [0.5, 0.6) is 0 Å². The number of aliphatic hydroxyl groups excluding tert-OH is 1. The summed E-state index contributed by atoms with van der Waals surface area (Å²) in [5.41, 5.74) is 2.10. The summed E-state index contributed by atoms with van der Waals surface area (Å²) in [5.74, 6) is 1.77. The maximum atomic E-state index is 10.2. The molecular formula is C22H26ClN3O2S. The van der Waals surface area contributed by atoms with Gasteiger partial charge in [-0.2, -0.15) is 0 Å². The SMILES string of the molecule is CC(C)COCC(O)CSc1nnc(Cc2ccccc2)n1-c1ccc(Cl)cc1. The van der Waals surface area contributed by atoms with Crippen molar-refractivity contribution in [1.82, 2.24) is 14.8 Å². The first kappa shape index (κ1) is 21.8. The lowest BCUT2D eigenvalue weighted by molar-refractivity contribution is 0.0364. The number of halogens is 1. The Morgan fingerprint density at radius 1 is 1.03 bits per heavy atom. The van der Waals surface area contributed by atoms with Crippen LogP contribution in [0.2, 0.25) is 5.02 Å². The molecule has 3 aromatic rings. The Morgan fingerprint density at radius 2 is 1.76 bits per heavy atom. The molecule has 1 N–H and O–H groups in total. The van der Waals surface area contributed by atoms with E-state index in [2.05, 4.69) is 36.2 Å². The van der Waals surface area contributed by atoms with Crippen LogP contribution >= 0.6 is 23.4 Å². The fourth-order valence-electron chi connectivity index (χ4n) is 2.79. The van der Waals surface area contributed by atoms with Crippen LogP contribution in [0.4, 0.5) is 0 Å². The van der Waals surface area contributed by atoms with Gasteiger partial charge >= 0.3 is 0 Å². The van der Waals surface area contributed by atoms with Crippen LogP contribution in [-0.4, -0.2) is 44.9 Å². The summed E-state index contributed by atoms with van der Waals surface area (Å²) in [5, 5.41) is 20.5. The van der Waals surface area contributed by atoms with E-state index in [0.29, 0.717) is 36.3 Å². The summed E-state index contributed by atoms with van der Waals surface area (Å²) in [6.07, 6.45) is 0.101. The van der Waals surface area contributed by atoms with Crippen LogP contribution in [-0.2, 0) is 11.2 Å². The second kappa shape index (κ2) is 10.8. The number of hydrogen-bond donors (Lipinski definition) is 1. The van der Waals surface area contributed by atoms with Crippen LogP contribution in [0.15, 0.2) is 59.8 Å². The highest BCUT2D eigenvalue weighted by atomic mass is 35.5. The summed E-state index contributed by atoms with van der Waals surface area (Å²) in [6, 6.07) is 17.8. The largest absolute Gasteiger partial charge is 0.390 e. The number of aromatic nitrogens is 3. The molecule has 29 heavy (non-hydrogen) atoms. The first-order valence-corrected chi connectivity index (χ1v) is 11.0. The summed E-state index contributed by atoms with van der Waals surface area (Å²) in [7, 11) is 0. The normalized spacial score (nSPS) is 12.4. The molecule has 1 heterocycles. The molecule has 2 aromatic carbocycles. The van der Waals surface area contributed by atoms with E-state index in [-0.39, 0.29) is 0 Å². The smallest absolute Gasteiger partial charge is 0.195 e. The average Bonchev–Trinajstić information content (AvgIpc) is 3.10.